The van der Waals surface area contributed by atoms with Crippen LogP contribution in [0.2, 0.25) is 0 Å². The number of anilines is 2. The van der Waals surface area contributed by atoms with E-state index in [0.29, 0.717) is 60.9 Å². The summed E-state index contributed by atoms with van der Waals surface area (Å²) in [6.45, 7) is 3.67. The summed E-state index contributed by atoms with van der Waals surface area (Å²) in [6.07, 6.45) is 0.685. The number of nitrogens with one attached hydrogen (secondary N) is 1. The minimum atomic E-state index is -1.09. The van der Waals surface area contributed by atoms with Gasteiger partial charge in [-0.25, -0.2) is 9.18 Å². The fraction of sp³-hybridized carbons (Fsp3) is 0.267. The number of nitrogens with zero attached hydrogens (tertiary/aromatic N) is 3. The first-order chi connectivity index (χ1) is 19.4. The number of hydrogen-bond donors (Lipinski definition) is 2. The van der Waals surface area contributed by atoms with Crippen molar-refractivity contribution in [2.24, 2.45) is 4.99 Å². The maximum absolute atomic E-state index is 13.8. The Morgan fingerprint density at radius 3 is 2.50 bits per heavy atom. The molecule has 3 aliphatic rings. The SMILES string of the molecule is O=C(O)c1ccc2c(c1)NC(=O)C2C(=Nc1ccc2c(c1)CCN2C(=O)CN1CCOCC1)c1ccc(F)cc1. The molecular weight excluding hydrogens is 515 g/mol. The Morgan fingerprint density at radius 1 is 1.00 bits per heavy atom. The molecule has 10 heteroatoms. The van der Waals surface area contributed by atoms with Crippen LogP contribution in [0.4, 0.5) is 21.5 Å². The highest BCUT2D eigenvalue weighted by Crippen LogP contribution is 2.38. The average molecular weight is 543 g/mol. The molecular formula is C30H27FN4O5. The Morgan fingerprint density at radius 2 is 1.75 bits per heavy atom. The van der Waals surface area contributed by atoms with Gasteiger partial charge < -0.3 is 20.1 Å². The van der Waals surface area contributed by atoms with E-state index >= 15 is 0 Å². The summed E-state index contributed by atoms with van der Waals surface area (Å²) < 4.78 is 19.2. The molecule has 1 unspecified atom stereocenters. The lowest BCUT2D eigenvalue weighted by Gasteiger charge is -2.28. The number of aromatic carboxylic acids is 1. The normalized spacial score (nSPS) is 18.8. The van der Waals surface area contributed by atoms with E-state index in [1.165, 1.54) is 24.3 Å². The molecule has 0 spiro atoms. The third kappa shape index (κ3) is 4.99. The third-order valence-corrected chi connectivity index (χ3v) is 7.52. The number of aliphatic imine (C=N–C) groups is 1. The number of carbonyl (C=O) groups excluding carboxylic acids is 2. The van der Waals surface area contributed by atoms with E-state index in [-0.39, 0.29) is 17.4 Å². The average Bonchev–Trinajstić information content (AvgIpc) is 3.52. The van der Waals surface area contributed by atoms with Crippen LogP contribution in [0, 0.1) is 5.82 Å². The lowest BCUT2D eigenvalue weighted by molar-refractivity contribution is -0.120. The van der Waals surface area contributed by atoms with Crippen molar-refractivity contribution in [1.82, 2.24) is 4.90 Å². The van der Waals surface area contributed by atoms with Crippen LogP contribution in [-0.2, 0) is 20.7 Å². The number of carboxylic acids is 1. The predicted octanol–water partition coefficient (Wildman–Crippen LogP) is 3.60. The van der Waals surface area contributed by atoms with E-state index in [1.807, 2.05) is 18.2 Å². The molecule has 2 N–H and O–H groups in total. The monoisotopic (exact) mass is 542 g/mol. The van der Waals surface area contributed by atoms with Gasteiger partial charge in [-0.1, -0.05) is 18.2 Å². The van der Waals surface area contributed by atoms with E-state index in [9.17, 15) is 23.9 Å². The summed E-state index contributed by atoms with van der Waals surface area (Å²) in [5, 5.41) is 12.1. The zero-order valence-corrected chi connectivity index (χ0v) is 21.6. The topological polar surface area (TPSA) is 112 Å². The van der Waals surface area contributed by atoms with E-state index in [1.54, 1.807) is 23.1 Å². The van der Waals surface area contributed by atoms with E-state index in [4.69, 9.17) is 9.73 Å². The summed E-state index contributed by atoms with van der Waals surface area (Å²) in [4.78, 5) is 46.5. The second-order valence-electron chi connectivity index (χ2n) is 10.0. The smallest absolute Gasteiger partial charge is 0.335 e. The molecule has 1 fully saturated rings. The van der Waals surface area contributed by atoms with Crippen LogP contribution in [0.25, 0.3) is 0 Å². The first-order valence-electron chi connectivity index (χ1n) is 13.1. The van der Waals surface area contributed by atoms with Crippen LogP contribution in [0.5, 0.6) is 0 Å². The van der Waals surface area contributed by atoms with Crippen LogP contribution in [0.3, 0.4) is 0 Å². The summed E-state index contributed by atoms with van der Waals surface area (Å²) in [7, 11) is 0. The van der Waals surface area contributed by atoms with Crippen molar-refractivity contribution in [2.45, 2.75) is 12.3 Å². The zero-order chi connectivity index (χ0) is 27.8. The van der Waals surface area contributed by atoms with Gasteiger partial charge in [0.1, 0.15) is 11.7 Å². The number of halogens is 1. The van der Waals surface area contributed by atoms with Crippen molar-refractivity contribution in [3.05, 3.63) is 88.7 Å². The van der Waals surface area contributed by atoms with Gasteiger partial charge in [-0.2, -0.15) is 0 Å². The Hall–Kier alpha value is -4.41. The van der Waals surface area contributed by atoms with E-state index < -0.39 is 17.7 Å². The van der Waals surface area contributed by atoms with Gasteiger partial charge >= 0.3 is 5.97 Å². The molecule has 0 radical (unpaired) electrons. The molecule has 1 saturated heterocycles. The van der Waals surface area contributed by atoms with Gasteiger partial charge in [-0.05, 0) is 65.6 Å². The minimum absolute atomic E-state index is 0.0452. The maximum atomic E-state index is 13.8. The summed E-state index contributed by atoms with van der Waals surface area (Å²) in [5.74, 6) is -2.62. The molecule has 2 amide bonds. The molecule has 0 bridgehead atoms. The summed E-state index contributed by atoms with van der Waals surface area (Å²) in [6, 6.07) is 15.9. The second-order valence-corrected chi connectivity index (χ2v) is 10.0. The van der Waals surface area contributed by atoms with E-state index in [2.05, 4.69) is 10.2 Å². The highest BCUT2D eigenvalue weighted by Gasteiger charge is 2.36. The predicted molar refractivity (Wildman–Crippen MR) is 147 cm³/mol. The van der Waals surface area contributed by atoms with Gasteiger partial charge in [0.05, 0.1) is 36.7 Å². The molecule has 40 heavy (non-hydrogen) atoms. The molecule has 0 aromatic heterocycles. The van der Waals surface area contributed by atoms with E-state index in [0.717, 1.165) is 24.3 Å². The van der Waals surface area contributed by atoms with Gasteiger partial charge in [0, 0.05) is 31.0 Å². The largest absolute Gasteiger partial charge is 0.478 e. The number of benzene rings is 3. The fourth-order valence-corrected chi connectivity index (χ4v) is 5.48. The lowest BCUT2D eigenvalue weighted by atomic mass is 9.90. The number of hydrogen-bond acceptors (Lipinski definition) is 6. The fourth-order valence-electron chi connectivity index (χ4n) is 5.48. The molecule has 204 valence electrons. The number of carbonyl (C=O) groups is 3. The Bertz CT molecular complexity index is 1530. The van der Waals surface area contributed by atoms with Crippen molar-refractivity contribution in [2.75, 3.05) is 49.6 Å². The molecule has 3 heterocycles. The van der Waals surface area contributed by atoms with Crippen LogP contribution < -0.4 is 10.2 Å². The molecule has 3 aromatic rings. The first kappa shape index (κ1) is 25.8. The lowest BCUT2D eigenvalue weighted by Crippen LogP contribution is -2.44. The van der Waals surface area contributed by atoms with Gasteiger partial charge in [-0.15, -0.1) is 0 Å². The van der Waals surface area contributed by atoms with Crippen molar-refractivity contribution in [3.8, 4) is 0 Å². The van der Waals surface area contributed by atoms with Crippen LogP contribution in [-0.4, -0.2) is 72.9 Å². The minimum Gasteiger partial charge on any atom is -0.478 e. The van der Waals surface area contributed by atoms with Crippen molar-refractivity contribution < 1.29 is 28.6 Å². The quantitative estimate of drug-likeness (QED) is 0.461. The maximum Gasteiger partial charge on any atom is 0.335 e. The van der Waals surface area contributed by atoms with Crippen LogP contribution in [0.1, 0.15) is 33.0 Å². The molecule has 1 atom stereocenters. The van der Waals surface area contributed by atoms with Gasteiger partial charge in [0.2, 0.25) is 11.8 Å². The summed E-state index contributed by atoms with van der Waals surface area (Å²) >= 11 is 0. The second kappa shape index (κ2) is 10.6. The first-order valence-corrected chi connectivity index (χ1v) is 13.1. The van der Waals surface area contributed by atoms with Crippen molar-refractivity contribution in [1.29, 1.82) is 0 Å². The molecule has 6 rings (SSSR count). The number of morpholine rings is 1. The highest BCUT2D eigenvalue weighted by atomic mass is 19.1. The number of amides is 2. The highest BCUT2D eigenvalue weighted by molar-refractivity contribution is 6.24. The van der Waals surface area contributed by atoms with Gasteiger partial charge in [0.15, 0.2) is 0 Å². The molecule has 3 aromatic carbocycles. The molecule has 3 aliphatic heterocycles. The van der Waals surface area contributed by atoms with Crippen LogP contribution >= 0.6 is 0 Å². The Balaban J connectivity index is 1.33. The Labute approximate surface area is 229 Å². The van der Waals surface area contributed by atoms with Crippen molar-refractivity contribution in [3.63, 3.8) is 0 Å². The molecule has 0 aliphatic carbocycles. The van der Waals surface area contributed by atoms with Gasteiger partial charge in [0.25, 0.3) is 0 Å². The van der Waals surface area contributed by atoms with Crippen LogP contribution in [0.15, 0.2) is 65.7 Å². The Kier molecular flexibility index (Phi) is 6.87. The number of fused-ring (bicyclic) bond motifs is 2. The third-order valence-electron chi connectivity index (χ3n) is 7.52. The standard InChI is InChI=1S/C30H27FN4O5/c31-21-4-1-18(2-5-21)28(27-23-7-3-20(30(38)39)16-24(23)33-29(27)37)32-22-6-8-25-19(15-22)9-10-35(25)26(36)17-34-11-13-40-14-12-34/h1-8,15-16,27H,9-14,17H2,(H,33,37)(H,38,39). The van der Waals surface area contributed by atoms with Crippen molar-refractivity contribution >= 4 is 40.6 Å². The molecule has 9 nitrogen and oxygen atoms in total. The zero-order valence-electron chi connectivity index (χ0n) is 21.6. The number of rotatable bonds is 6. The summed E-state index contributed by atoms with van der Waals surface area (Å²) in [5.41, 5.74) is 4.49. The van der Waals surface area contributed by atoms with Gasteiger partial charge in [-0.3, -0.25) is 19.5 Å². The molecule has 0 saturated carbocycles. The number of ether oxygens (including phenoxy) is 1. The number of carboxylic acid groups (broad SMARTS) is 1.